The minimum atomic E-state index is -0.558. The number of primary amides is 1. The van der Waals surface area contributed by atoms with E-state index in [1.165, 1.54) is 4.90 Å². The quantitative estimate of drug-likeness (QED) is 0.853. The van der Waals surface area contributed by atoms with E-state index in [-0.39, 0.29) is 11.8 Å². The lowest BCUT2D eigenvalue weighted by molar-refractivity contribution is -0.121. The van der Waals surface area contributed by atoms with Gasteiger partial charge in [0.2, 0.25) is 5.91 Å². The predicted molar refractivity (Wildman–Crippen MR) is 73.4 cm³/mol. The van der Waals surface area contributed by atoms with Gasteiger partial charge in [0.1, 0.15) is 6.04 Å². The Kier molecular flexibility index (Phi) is 3.74. The number of urea groups is 1. The highest BCUT2D eigenvalue weighted by Crippen LogP contribution is 2.26. The molecule has 0 saturated heterocycles. The molecule has 1 aliphatic rings. The highest BCUT2D eigenvalue weighted by molar-refractivity contribution is 5.98. The summed E-state index contributed by atoms with van der Waals surface area (Å²) in [5, 5.41) is 2.88. The van der Waals surface area contributed by atoms with Gasteiger partial charge in [-0.15, -0.1) is 0 Å². The largest absolute Gasteiger partial charge is 0.351 e. The second kappa shape index (κ2) is 5.30. The van der Waals surface area contributed by atoms with Crippen LogP contribution < -0.4 is 11.1 Å². The first-order valence-electron chi connectivity index (χ1n) is 6.49. The van der Waals surface area contributed by atoms with E-state index in [2.05, 4.69) is 5.32 Å². The van der Waals surface area contributed by atoms with Crippen molar-refractivity contribution < 1.29 is 9.59 Å². The maximum absolute atomic E-state index is 12.3. The summed E-state index contributed by atoms with van der Waals surface area (Å²) in [6.45, 7) is 4.31. The van der Waals surface area contributed by atoms with Crippen LogP contribution in [0, 0.1) is 5.92 Å². The zero-order chi connectivity index (χ0) is 14.0. The molecule has 1 heterocycles. The summed E-state index contributed by atoms with van der Waals surface area (Å²) < 4.78 is 0. The Morgan fingerprint density at radius 1 is 1.53 bits per heavy atom. The maximum atomic E-state index is 12.3. The number of rotatable bonds is 2. The summed E-state index contributed by atoms with van der Waals surface area (Å²) in [6, 6.07) is 6.40. The average Bonchev–Trinajstić information content (AvgIpc) is 2.53. The summed E-state index contributed by atoms with van der Waals surface area (Å²) in [5.74, 6) is -0.111. The molecule has 3 N–H and O–H groups in total. The first-order valence-corrected chi connectivity index (χ1v) is 6.49. The van der Waals surface area contributed by atoms with Crippen LogP contribution in [0.3, 0.4) is 0 Å². The number of nitrogens with one attached hydrogen (secondary N) is 1. The minimum Gasteiger partial charge on any atom is -0.351 e. The van der Waals surface area contributed by atoms with Crippen molar-refractivity contribution in [2.75, 3.05) is 5.32 Å². The van der Waals surface area contributed by atoms with Crippen LogP contribution in [-0.4, -0.2) is 22.9 Å². The zero-order valence-corrected chi connectivity index (χ0v) is 11.2. The summed E-state index contributed by atoms with van der Waals surface area (Å²) in [7, 11) is 0. The second-order valence-electron chi connectivity index (χ2n) is 4.94. The van der Waals surface area contributed by atoms with Crippen LogP contribution in [-0.2, 0) is 11.3 Å². The number of hydrogen-bond acceptors (Lipinski definition) is 2. The molecule has 1 aliphatic heterocycles. The number of benzene rings is 1. The van der Waals surface area contributed by atoms with Gasteiger partial charge in [-0.2, -0.15) is 0 Å². The molecule has 5 nitrogen and oxygen atoms in total. The first-order chi connectivity index (χ1) is 9.04. The van der Waals surface area contributed by atoms with E-state index < -0.39 is 12.1 Å². The molecule has 1 aromatic carbocycles. The fourth-order valence-corrected chi connectivity index (χ4v) is 2.41. The Hall–Kier alpha value is -2.04. The lowest BCUT2D eigenvalue weighted by Gasteiger charge is -2.30. The standard InChI is InChI=1S/C14H19N3O2/c1-3-9(2)12-13(18)16-11-7-5-4-6-10(11)8-17(12)14(15)19/h4-7,9,12H,3,8H2,1-2H3,(H2,15,19)(H,16,18)/t9?,12-/m0/s1. The number of carbonyl (C=O) groups is 2. The SMILES string of the molecule is CCC(C)[C@H]1C(=O)Nc2ccccc2CN1C(N)=O. The van der Waals surface area contributed by atoms with Crippen molar-refractivity contribution in [3.05, 3.63) is 29.8 Å². The van der Waals surface area contributed by atoms with Crippen molar-refractivity contribution in [1.29, 1.82) is 0 Å². The molecule has 1 aromatic rings. The van der Waals surface area contributed by atoms with Crippen molar-refractivity contribution >= 4 is 17.6 Å². The fraction of sp³-hybridized carbons (Fsp3) is 0.429. The highest BCUT2D eigenvalue weighted by Gasteiger charge is 2.35. The highest BCUT2D eigenvalue weighted by atomic mass is 16.2. The van der Waals surface area contributed by atoms with Gasteiger partial charge in [-0.25, -0.2) is 4.79 Å². The van der Waals surface area contributed by atoms with E-state index in [1.54, 1.807) is 0 Å². The van der Waals surface area contributed by atoms with Crippen molar-refractivity contribution in [3.8, 4) is 0 Å². The molecule has 1 unspecified atom stereocenters. The van der Waals surface area contributed by atoms with E-state index in [0.717, 1.165) is 17.7 Å². The molecule has 0 aliphatic carbocycles. The topological polar surface area (TPSA) is 75.4 Å². The van der Waals surface area contributed by atoms with Gasteiger partial charge in [0.25, 0.3) is 0 Å². The number of nitrogens with two attached hydrogens (primary N) is 1. The number of hydrogen-bond donors (Lipinski definition) is 2. The third-order valence-corrected chi connectivity index (χ3v) is 3.69. The van der Waals surface area contributed by atoms with Crippen molar-refractivity contribution in [2.45, 2.75) is 32.9 Å². The van der Waals surface area contributed by atoms with E-state index >= 15 is 0 Å². The van der Waals surface area contributed by atoms with Crippen LogP contribution in [0.1, 0.15) is 25.8 Å². The number of fused-ring (bicyclic) bond motifs is 1. The normalized spacial score (nSPS) is 20.2. The lowest BCUT2D eigenvalue weighted by Crippen LogP contribution is -2.50. The smallest absolute Gasteiger partial charge is 0.315 e. The molecule has 0 bridgehead atoms. The van der Waals surface area contributed by atoms with Gasteiger partial charge in [0, 0.05) is 5.69 Å². The van der Waals surface area contributed by atoms with Crippen LogP contribution in [0.25, 0.3) is 0 Å². The van der Waals surface area contributed by atoms with Gasteiger partial charge in [-0.05, 0) is 17.5 Å². The van der Waals surface area contributed by atoms with E-state index in [4.69, 9.17) is 5.73 Å². The Balaban J connectivity index is 2.42. The van der Waals surface area contributed by atoms with Gasteiger partial charge in [-0.1, -0.05) is 38.5 Å². The Labute approximate surface area is 112 Å². The Morgan fingerprint density at radius 3 is 2.84 bits per heavy atom. The molecule has 2 rings (SSSR count). The molecule has 0 aromatic heterocycles. The van der Waals surface area contributed by atoms with Gasteiger partial charge >= 0.3 is 6.03 Å². The van der Waals surface area contributed by atoms with Crippen LogP contribution in [0.2, 0.25) is 0 Å². The average molecular weight is 261 g/mol. The Morgan fingerprint density at radius 2 is 2.21 bits per heavy atom. The molecule has 2 atom stereocenters. The third kappa shape index (κ3) is 2.54. The number of anilines is 1. The predicted octanol–water partition coefficient (Wildman–Crippen LogP) is 1.93. The molecule has 5 heteroatoms. The summed E-state index contributed by atoms with van der Waals surface area (Å²) in [4.78, 5) is 25.4. The van der Waals surface area contributed by atoms with Gasteiger partial charge in [0.15, 0.2) is 0 Å². The molecule has 19 heavy (non-hydrogen) atoms. The zero-order valence-electron chi connectivity index (χ0n) is 11.2. The molecule has 3 amide bonds. The fourth-order valence-electron chi connectivity index (χ4n) is 2.41. The number of amides is 3. The van der Waals surface area contributed by atoms with Crippen molar-refractivity contribution in [2.24, 2.45) is 11.7 Å². The van der Waals surface area contributed by atoms with E-state index in [0.29, 0.717) is 6.54 Å². The van der Waals surface area contributed by atoms with Crippen LogP contribution in [0.15, 0.2) is 24.3 Å². The molecule has 0 radical (unpaired) electrons. The molecular formula is C14H19N3O2. The number of para-hydroxylation sites is 1. The van der Waals surface area contributed by atoms with Crippen molar-refractivity contribution in [3.63, 3.8) is 0 Å². The molecule has 0 saturated carbocycles. The van der Waals surface area contributed by atoms with E-state index in [1.807, 2.05) is 38.1 Å². The molecule has 0 spiro atoms. The van der Waals surface area contributed by atoms with Gasteiger partial charge < -0.3 is 16.0 Å². The van der Waals surface area contributed by atoms with Crippen molar-refractivity contribution in [1.82, 2.24) is 4.90 Å². The number of nitrogens with zero attached hydrogens (tertiary/aromatic N) is 1. The Bertz CT molecular complexity index is 501. The summed E-state index contributed by atoms with van der Waals surface area (Å²) in [6.07, 6.45) is 0.804. The van der Waals surface area contributed by atoms with Crippen LogP contribution in [0.4, 0.5) is 10.5 Å². The van der Waals surface area contributed by atoms with Gasteiger partial charge in [-0.3, -0.25) is 4.79 Å². The molecule has 0 fully saturated rings. The summed E-state index contributed by atoms with van der Waals surface area (Å²) in [5.41, 5.74) is 7.10. The first kappa shape index (κ1) is 13.4. The van der Waals surface area contributed by atoms with E-state index in [9.17, 15) is 9.59 Å². The minimum absolute atomic E-state index is 0.0572. The van der Waals surface area contributed by atoms with Crippen LogP contribution in [0.5, 0.6) is 0 Å². The summed E-state index contributed by atoms with van der Waals surface area (Å²) >= 11 is 0. The lowest BCUT2D eigenvalue weighted by atomic mass is 9.97. The monoisotopic (exact) mass is 261 g/mol. The third-order valence-electron chi connectivity index (χ3n) is 3.69. The molecular weight excluding hydrogens is 242 g/mol. The second-order valence-corrected chi connectivity index (χ2v) is 4.94. The van der Waals surface area contributed by atoms with Crippen LogP contribution >= 0.6 is 0 Å². The molecule has 102 valence electrons. The van der Waals surface area contributed by atoms with Gasteiger partial charge in [0.05, 0.1) is 6.54 Å². The maximum Gasteiger partial charge on any atom is 0.315 e. The number of carbonyl (C=O) groups excluding carboxylic acids is 2.